The molecule has 1 aromatic rings. The van der Waals surface area contributed by atoms with E-state index in [1.54, 1.807) is 6.20 Å². The van der Waals surface area contributed by atoms with E-state index >= 15 is 0 Å². The average molecular weight is 221 g/mol. The quantitative estimate of drug-likeness (QED) is 0.824. The van der Waals surface area contributed by atoms with Crippen molar-refractivity contribution in [3.05, 3.63) is 23.9 Å². The molecule has 4 nitrogen and oxygen atoms in total. The van der Waals surface area contributed by atoms with Crippen LogP contribution in [0.2, 0.25) is 0 Å². The van der Waals surface area contributed by atoms with Gasteiger partial charge in [-0.3, -0.25) is 0 Å². The van der Waals surface area contributed by atoms with Gasteiger partial charge in [-0.05, 0) is 32.5 Å². The first-order valence-electron chi connectivity index (χ1n) is 5.78. The molecule has 0 aliphatic carbocycles. The molecule has 1 unspecified atom stereocenters. The number of pyridine rings is 1. The Morgan fingerprint density at radius 2 is 2.50 bits per heavy atom. The Labute approximate surface area is 96.4 Å². The van der Waals surface area contributed by atoms with Gasteiger partial charge in [-0.25, -0.2) is 4.98 Å². The molecule has 0 amide bonds. The van der Waals surface area contributed by atoms with Gasteiger partial charge in [-0.2, -0.15) is 0 Å². The van der Waals surface area contributed by atoms with E-state index in [0.29, 0.717) is 25.1 Å². The van der Waals surface area contributed by atoms with Crippen LogP contribution >= 0.6 is 0 Å². The Morgan fingerprint density at radius 1 is 1.62 bits per heavy atom. The third-order valence-corrected chi connectivity index (χ3v) is 3.15. The fraction of sp³-hybridized carbons (Fsp3) is 0.583. The summed E-state index contributed by atoms with van der Waals surface area (Å²) in [6.45, 7) is 2.35. The van der Waals surface area contributed by atoms with Gasteiger partial charge in [0.15, 0.2) is 0 Å². The molecule has 1 fully saturated rings. The molecular weight excluding hydrogens is 202 g/mol. The van der Waals surface area contributed by atoms with Gasteiger partial charge in [0.05, 0.1) is 0 Å². The van der Waals surface area contributed by atoms with Crippen molar-refractivity contribution in [1.82, 2.24) is 9.88 Å². The predicted molar refractivity (Wildman–Crippen MR) is 63.3 cm³/mol. The number of nitrogens with two attached hydrogens (primary N) is 1. The summed E-state index contributed by atoms with van der Waals surface area (Å²) < 4.78 is 5.75. The maximum Gasteiger partial charge on any atom is 0.217 e. The van der Waals surface area contributed by atoms with Gasteiger partial charge in [-0.1, -0.05) is 6.07 Å². The highest BCUT2D eigenvalue weighted by atomic mass is 16.5. The molecule has 2 rings (SSSR count). The fourth-order valence-electron chi connectivity index (χ4n) is 2.07. The van der Waals surface area contributed by atoms with Crippen molar-refractivity contribution in [2.45, 2.75) is 25.4 Å². The summed E-state index contributed by atoms with van der Waals surface area (Å²) >= 11 is 0. The van der Waals surface area contributed by atoms with Crippen LogP contribution < -0.4 is 10.5 Å². The van der Waals surface area contributed by atoms with Crippen LogP contribution in [-0.4, -0.2) is 36.1 Å². The van der Waals surface area contributed by atoms with Gasteiger partial charge in [0, 0.05) is 24.3 Å². The zero-order valence-corrected chi connectivity index (χ0v) is 9.72. The number of likely N-dealkylation sites (tertiary alicyclic amines) is 1. The molecule has 1 atom stereocenters. The molecule has 0 bridgehead atoms. The highest BCUT2D eigenvalue weighted by Crippen LogP contribution is 2.18. The van der Waals surface area contributed by atoms with E-state index in [0.717, 1.165) is 5.56 Å². The molecular formula is C12H19N3O. The summed E-state index contributed by atoms with van der Waals surface area (Å²) in [7, 11) is 2.14. The van der Waals surface area contributed by atoms with Crippen LogP contribution in [-0.2, 0) is 6.54 Å². The first kappa shape index (κ1) is 11.4. The van der Waals surface area contributed by atoms with Crippen LogP contribution in [0, 0.1) is 0 Å². The first-order valence-corrected chi connectivity index (χ1v) is 5.78. The minimum atomic E-state index is 0.476. The second-order valence-corrected chi connectivity index (χ2v) is 4.26. The van der Waals surface area contributed by atoms with Gasteiger partial charge >= 0.3 is 0 Å². The number of nitrogens with zero attached hydrogens (tertiary/aromatic N) is 2. The Morgan fingerprint density at radius 3 is 3.19 bits per heavy atom. The monoisotopic (exact) mass is 221 g/mol. The molecule has 1 aromatic heterocycles. The number of rotatable bonds is 4. The molecule has 0 aromatic carbocycles. The van der Waals surface area contributed by atoms with Crippen molar-refractivity contribution in [2.24, 2.45) is 5.73 Å². The smallest absolute Gasteiger partial charge is 0.217 e. The molecule has 88 valence electrons. The van der Waals surface area contributed by atoms with Gasteiger partial charge in [0.2, 0.25) is 5.88 Å². The Balaban J connectivity index is 1.93. The first-order chi connectivity index (χ1) is 7.81. The minimum absolute atomic E-state index is 0.476. The van der Waals surface area contributed by atoms with Crippen molar-refractivity contribution in [3.63, 3.8) is 0 Å². The van der Waals surface area contributed by atoms with Crippen molar-refractivity contribution < 1.29 is 4.74 Å². The lowest BCUT2D eigenvalue weighted by Gasteiger charge is -2.19. The molecule has 0 saturated carbocycles. The number of ether oxygens (including phenoxy) is 1. The molecule has 0 radical (unpaired) electrons. The van der Waals surface area contributed by atoms with Crippen LogP contribution in [0.3, 0.4) is 0 Å². The molecule has 2 heterocycles. The van der Waals surface area contributed by atoms with Gasteiger partial charge in [0.1, 0.15) is 6.61 Å². The maximum absolute atomic E-state index is 5.75. The Kier molecular flexibility index (Phi) is 3.74. The lowest BCUT2D eigenvalue weighted by atomic mass is 10.2. The second kappa shape index (κ2) is 5.27. The number of likely N-dealkylation sites (N-methyl/N-ethyl adjacent to an activating group) is 1. The molecule has 4 heteroatoms. The topological polar surface area (TPSA) is 51.4 Å². The summed E-state index contributed by atoms with van der Waals surface area (Å²) in [6, 6.07) is 4.37. The fourth-order valence-corrected chi connectivity index (χ4v) is 2.07. The third kappa shape index (κ3) is 2.51. The van der Waals surface area contributed by atoms with E-state index in [-0.39, 0.29) is 0 Å². The van der Waals surface area contributed by atoms with Crippen LogP contribution in [0.4, 0.5) is 0 Å². The number of hydrogen-bond acceptors (Lipinski definition) is 4. The van der Waals surface area contributed by atoms with E-state index in [1.807, 2.05) is 12.1 Å². The third-order valence-electron chi connectivity index (χ3n) is 3.15. The van der Waals surface area contributed by atoms with Crippen LogP contribution in [0.1, 0.15) is 18.4 Å². The van der Waals surface area contributed by atoms with Crippen molar-refractivity contribution >= 4 is 0 Å². The SMILES string of the molecule is CN1CCCC1COc1ncccc1CN. The second-order valence-electron chi connectivity index (χ2n) is 4.26. The molecule has 1 aliphatic rings. The Bertz CT molecular complexity index is 343. The van der Waals surface area contributed by atoms with Gasteiger partial charge < -0.3 is 15.4 Å². The van der Waals surface area contributed by atoms with Crippen LogP contribution in [0.5, 0.6) is 5.88 Å². The van der Waals surface area contributed by atoms with E-state index in [9.17, 15) is 0 Å². The van der Waals surface area contributed by atoms with E-state index < -0.39 is 0 Å². The zero-order valence-electron chi connectivity index (χ0n) is 9.72. The normalized spacial score (nSPS) is 21.2. The van der Waals surface area contributed by atoms with Crippen LogP contribution in [0.15, 0.2) is 18.3 Å². The summed E-state index contributed by atoms with van der Waals surface area (Å²) in [4.78, 5) is 6.55. The zero-order chi connectivity index (χ0) is 11.4. The van der Waals surface area contributed by atoms with Crippen molar-refractivity contribution in [1.29, 1.82) is 0 Å². The van der Waals surface area contributed by atoms with Gasteiger partial charge in [0.25, 0.3) is 0 Å². The minimum Gasteiger partial charge on any atom is -0.476 e. The molecule has 1 aliphatic heterocycles. The molecule has 1 saturated heterocycles. The summed E-state index contributed by atoms with van der Waals surface area (Å²) in [5.74, 6) is 0.685. The van der Waals surface area contributed by atoms with E-state index in [2.05, 4.69) is 16.9 Å². The summed E-state index contributed by atoms with van der Waals surface area (Å²) in [5, 5.41) is 0. The van der Waals surface area contributed by atoms with Crippen molar-refractivity contribution in [2.75, 3.05) is 20.2 Å². The number of aromatic nitrogens is 1. The predicted octanol–water partition coefficient (Wildman–Crippen LogP) is 1.01. The highest BCUT2D eigenvalue weighted by molar-refractivity contribution is 5.24. The molecule has 2 N–H and O–H groups in total. The van der Waals surface area contributed by atoms with Gasteiger partial charge in [-0.15, -0.1) is 0 Å². The van der Waals surface area contributed by atoms with E-state index in [4.69, 9.17) is 10.5 Å². The molecule has 0 spiro atoms. The van der Waals surface area contributed by atoms with E-state index in [1.165, 1.54) is 19.4 Å². The summed E-state index contributed by atoms with van der Waals surface area (Å²) in [6.07, 6.45) is 4.21. The number of hydrogen-bond donors (Lipinski definition) is 1. The largest absolute Gasteiger partial charge is 0.476 e. The Hall–Kier alpha value is -1.13. The van der Waals surface area contributed by atoms with Crippen molar-refractivity contribution in [3.8, 4) is 5.88 Å². The summed E-state index contributed by atoms with van der Waals surface area (Å²) in [5.41, 5.74) is 6.61. The van der Waals surface area contributed by atoms with Crippen LogP contribution in [0.25, 0.3) is 0 Å². The standard InChI is InChI=1S/C12H19N3O/c1-15-7-3-5-11(15)9-16-12-10(8-13)4-2-6-14-12/h2,4,6,11H,3,5,7-9,13H2,1H3. The molecule has 16 heavy (non-hydrogen) atoms. The lowest BCUT2D eigenvalue weighted by molar-refractivity contribution is 0.192. The maximum atomic E-state index is 5.75. The lowest BCUT2D eigenvalue weighted by Crippen LogP contribution is -2.30. The average Bonchev–Trinajstić information content (AvgIpc) is 2.72. The highest BCUT2D eigenvalue weighted by Gasteiger charge is 2.21.